The molecule has 3 N–H and O–H groups in total. The van der Waals surface area contributed by atoms with Gasteiger partial charge in [0.25, 0.3) is 0 Å². The van der Waals surface area contributed by atoms with Crippen LogP contribution in [0, 0.1) is 11.8 Å². The number of nitrogens with zero attached hydrogens (tertiary/aromatic N) is 1. The number of nitrogens with one attached hydrogen (secondary N) is 3. The molecule has 176 valence electrons. The van der Waals surface area contributed by atoms with E-state index < -0.39 is 6.04 Å². The SMILES string of the molecule is CN[C@@H](C)C(=O)N[C@H](C(=O)NC1CC2C[C@H]1N(CCc1ccccc1)C2)C1CCCCC1. The molecule has 32 heavy (non-hydrogen) atoms. The van der Waals surface area contributed by atoms with Crippen LogP contribution in [0.2, 0.25) is 0 Å². The fourth-order valence-corrected chi connectivity index (χ4v) is 6.01. The van der Waals surface area contributed by atoms with E-state index in [0.717, 1.165) is 51.6 Å². The summed E-state index contributed by atoms with van der Waals surface area (Å²) in [6.07, 6.45) is 8.86. The van der Waals surface area contributed by atoms with Crippen LogP contribution in [0.1, 0.15) is 57.4 Å². The van der Waals surface area contributed by atoms with E-state index >= 15 is 0 Å². The highest BCUT2D eigenvalue weighted by molar-refractivity contribution is 5.90. The lowest BCUT2D eigenvalue weighted by Crippen LogP contribution is -2.58. The average Bonchev–Trinajstić information content (AvgIpc) is 3.41. The number of rotatable bonds is 9. The molecule has 2 saturated carbocycles. The number of piperidine rings is 1. The van der Waals surface area contributed by atoms with Gasteiger partial charge in [-0.1, -0.05) is 49.6 Å². The standard InChI is InChI=1S/C26H40N4O2/c1-18(27-2)25(31)29-24(21-11-7-4-8-12-21)26(32)28-22-15-20-16-23(22)30(17-20)14-13-19-9-5-3-6-10-19/h3,5-6,9-10,18,20-24,27H,4,7-8,11-17H2,1-2H3,(H,28,32)(H,29,31)/t18-,20?,22?,23+,24-/m0/s1. The first-order valence-electron chi connectivity index (χ1n) is 12.6. The molecule has 1 aromatic carbocycles. The van der Waals surface area contributed by atoms with Gasteiger partial charge in [-0.15, -0.1) is 0 Å². The summed E-state index contributed by atoms with van der Waals surface area (Å²) in [6, 6.07) is 10.5. The summed E-state index contributed by atoms with van der Waals surface area (Å²) in [7, 11) is 1.78. The van der Waals surface area contributed by atoms with Crippen molar-refractivity contribution in [3.05, 3.63) is 35.9 Å². The van der Waals surface area contributed by atoms with Crippen LogP contribution < -0.4 is 16.0 Å². The minimum absolute atomic E-state index is 0.0223. The van der Waals surface area contributed by atoms with Crippen molar-refractivity contribution in [1.29, 1.82) is 0 Å². The maximum absolute atomic E-state index is 13.4. The van der Waals surface area contributed by atoms with Gasteiger partial charge in [-0.3, -0.25) is 14.5 Å². The van der Waals surface area contributed by atoms with Crippen LogP contribution in [0.4, 0.5) is 0 Å². The Hall–Kier alpha value is -1.92. The highest BCUT2D eigenvalue weighted by Crippen LogP contribution is 2.38. The maximum atomic E-state index is 13.4. The van der Waals surface area contributed by atoms with Gasteiger partial charge in [-0.25, -0.2) is 0 Å². The molecule has 6 nitrogen and oxygen atoms in total. The molecular weight excluding hydrogens is 400 g/mol. The van der Waals surface area contributed by atoms with Gasteiger partial charge in [0.15, 0.2) is 0 Å². The largest absolute Gasteiger partial charge is 0.350 e. The van der Waals surface area contributed by atoms with Gasteiger partial charge in [0.1, 0.15) is 6.04 Å². The van der Waals surface area contributed by atoms with Crippen molar-refractivity contribution in [3.8, 4) is 0 Å². The molecule has 1 aliphatic heterocycles. The second-order valence-corrected chi connectivity index (χ2v) is 10.1. The van der Waals surface area contributed by atoms with Gasteiger partial charge < -0.3 is 16.0 Å². The van der Waals surface area contributed by atoms with Crippen LogP contribution >= 0.6 is 0 Å². The molecule has 1 aromatic rings. The number of carbonyl (C=O) groups is 2. The number of hydrogen-bond acceptors (Lipinski definition) is 4. The summed E-state index contributed by atoms with van der Waals surface area (Å²) >= 11 is 0. The van der Waals surface area contributed by atoms with Gasteiger partial charge in [0.05, 0.1) is 6.04 Å². The molecular formula is C26H40N4O2. The van der Waals surface area contributed by atoms with Crippen LogP contribution in [0.3, 0.4) is 0 Å². The Balaban J connectivity index is 1.37. The number of hydrogen-bond donors (Lipinski definition) is 3. The molecule has 2 bridgehead atoms. The summed E-state index contributed by atoms with van der Waals surface area (Å²) in [6.45, 7) is 4.03. The molecule has 0 spiro atoms. The third-order valence-corrected chi connectivity index (χ3v) is 7.97. The predicted molar refractivity (Wildman–Crippen MR) is 127 cm³/mol. The van der Waals surface area contributed by atoms with Gasteiger partial charge in [-0.2, -0.15) is 0 Å². The normalized spacial score (nSPS) is 27.8. The second kappa shape index (κ2) is 10.8. The molecule has 1 saturated heterocycles. The molecule has 2 aliphatic carbocycles. The molecule has 0 aromatic heterocycles. The maximum Gasteiger partial charge on any atom is 0.243 e. The topological polar surface area (TPSA) is 73.5 Å². The summed E-state index contributed by atoms with van der Waals surface area (Å²) < 4.78 is 0. The number of likely N-dealkylation sites (N-methyl/N-ethyl adjacent to an activating group) is 1. The van der Waals surface area contributed by atoms with E-state index in [-0.39, 0.29) is 29.8 Å². The highest BCUT2D eigenvalue weighted by atomic mass is 16.2. The minimum atomic E-state index is -0.421. The quantitative estimate of drug-likeness (QED) is 0.552. The Morgan fingerprint density at radius 3 is 2.50 bits per heavy atom. The molecule has 4 rings (SSSR count). The molecule has 3 aliphatic rings. The van der Waals surface area contributed by atoms with Crippen molar-refractivity contribution in [2.24, 2.45) is 11.8 Å². The zero-order chi connectivity index (χ0) is 22.5. The summed E-state index contributed by atoms with van der Waals surface area (Å²) in [4.78, 5) is 28.6. The van der Waals surface area contributed by atoms with E-state index in [1.165, 1.54) is 18.4 Å². The fourth-order valence-electron chi connectivity index (χ4n) is 6.01. The Morgan fingerprint density at radius 1 is 1.06 bits per heavy atom. The van der Waals surface area contributed by atoms with Crippen LogP contribution in [0.25, 0.3) is 0 Å². The van der Waals surface area contributed by atoms with Gasteiger partial charge in [-0.05, 0) is 63.5 Å². The van der Waals surface area contributed by atoms with Crippen LogP contribution in [0.5, 0.6) is 0 Å². The Morgan fingerprint density at radius 2 is 1.81 bits per heavy atom. The highest BCUT2D eigenvalue weighted by Gasteiger charge is 2.46. The molecule has 3 fully saturated rings. The van der Waals surface area contributed by atoms with Crippen molar-refractivity contribution in [3.63, 3.8) is 0 Å². The second-order valence-electron chi connectivity index (χ2n) is 10.1. The molecule has 2 amide bonds. The van der Waals surface area contributed by atoms with E-state index in [1.54, 1.807) is 7.05 Å². The van der Waals surface area contributed by atoms with Crippen LogP contribution in [0.15, 0.2) is 30.3 Å². The molecule has 1 heterocycles. The van der Waals surface area contributed by atoms with Crippen molar-refractivity contribution in [2.75, 3.05) is 20.1 Å². The Labute approximate surface area is 192 Å². The first-order chi connectivity index (χ1) is 15.5. The zero-order valence-electron chi connectivity index (χ0n) is 19.7. The van der Waals surface area contributed by atoms with Crippen molar-refractivity contribution < 1.29 is 9.59 Å². The monoisotopic (exact) mass is 440 g/mol. The number of likely N-dealkylation sites (tertiary alicyclic amines) is 1. The van der Waals surface area contributed by atoms with E-state index in [4.69, 9.17) is 0 Å². The summed E-state index contributed by atoms with van der Waals surface area (Å²) in [5, 5.41) is 9.46. The van der Waals surface area contributed by atoms with E-state index in [2.05, 4.69) is 51.2 Å². The Kier molecular flexibility index (Phi) is 7.84. The van der Waals surface area contributed by atoms with Crippen molar-refractivity contribution in [2.45, 2.75) is 82.5 Å². The molecule has 5 atom stereocenters. The lowest BCUT2D eigenvalue weighted by molar-refractivity contribution is -0.132. The Bertz CT molecular complexity index is 764. The van der Waals surface area contributed by atoms with Crippen LogP contribution in [-0.4, -0.2) is 61.0 Å². The summed E-state index contributed by atoms with van der Waals surface area (Å²) in [5.41, 5.74) is 1.37. The first kappa shape index (κ1) is 23.2. The number of benzene rings is 1. The van der Waals surface area contributed by atoms with Gasteiger partial charge in [0, 0.05) is 25.2 Å². The van der Waals surface area contributed by atoms with Crippen molar-refractivity contribution >= 4 is 11.8 Å². The van der Waals surface area contributed by atoms with Gasteiger partial charge >= 0.3 is 0 Å². The predicted octanol–water partition coefficient (Wildman–Crippen LogP) is 2.48. The van der Waals surface area contributed by atoms with Gasteiger partial charge in [0.2, 0.25) is 11.8 Å². The lowest BCUT2D eigenvalue weighted by Gasteiger charge is -2.36. The third-order valence-electron chi connectivity index (χ3n) is 7.97. The third kappa shape index (κ3) is 5.52. The number of carbonyl (C=O) groups excluding carboxylic acids is 2. The lowest BCUT2D eigenvalue weighted by atomic mass is 9.83. The molecule has 2 unspecified atom stereocenters. The molecule has 0 radical (unpaired) electrons. The smallest absolute Gasteiger partial charge is 0.243 e. The first-order valence-corrected chi connectivity index (χ1v) is 12.6. The number of fused-ring (bicyclic) bond motifs is 2. The fraction of sp³-hybridized carbons (Fsp3) is 0.692. The summed E-state index contributed by atoms with van der Waals surface area (Å²) in [5.74, 6) is 0.849. The van der Waals surface area contributed by atoms with E-state index in [1.807, 2.05) is 6.92 Å². The van der Waals surface area contributed by atoms with E-state index in [0.29, 0.717) is 12.0 Å². The number of amides is 2. The minimum Gasteiger partial charge on any atom is -0.350 e. The molecule has 6 heteroatoms. The van der Waals surface area contributed by atoms with Crippen molar-refractivity contribution in [1.82, 2.24) is 20.9 Å². The van der Waals surface area contributed by atoms with E-state index in [9.17, 15) is 9.59 Å². The van der Waals surface area contributed by atoms with Crippen LogP contribution in [-0.2, 0) is 16.0 Å². The average molecular weight is 441 g/mol. The zero-order valence-corrected chi connectivity index (χ0v) is 19.7.